The molecular formula is C21H22F2N2O4S. The van der Waals surface area contributed by atoms with E-state index in [2.05, 4.69) is 5.32 Å². The molecule has 0 heterocycles. The third kappa shape index (κ3) is 4.52. The van der Waals surface area contributed by atoms with Gasteiger partial charge in [-0.3, -0.25) is 4.79 Å². The molecule has 1 saturated carbocycles. The maximum absolute atomic E-state index is 13.8. The molecule has 3 rings (SSSR count). The van der Waals surface area contributed by atoms with Crippen molar-refractivity contribution >= 4 is 22.0 Å². The quantitative estimate of drug-likeness (QED) is 0.678. The highest BCUT2D eigenvalue weighted by Gasteiger charge is 2.42. The second kappa shape index (κ2) is 8.53. The van der Waals surface area contributed by atoms with Crippen molar-refractivity contribution in [2.24, 2.45) is 0 Å². The second-order valence-corrected chi connectivity index (χ2v) is 9.24. The van der Waals surface area contributed by atoms with Crippen LogP contribution in [0.5, 0.6) is 5.75 Å². The molecule has 6 nitrogen and oxygen atoms in total. The Morgan fingerprint density at radius 2 is 1.87 bits per heavy atom. The van der Waals surface area contributed by atoms with E-state index in [4.69, 9.17) is 4.74 Å². The van der Waals surface area contributed by atoms with Crippen LogP contribution in [0.2, 0.25) is 0 Å². The van der Waals surface area contributed by atoms with Gasteiger partial charge >= 0.3 is 0 Å². The van der Waals surface area contributed by atoms with E-state index in [1.54, 1.807) is 6.07 Å². The van der Waals surface area contributed by atoms with Crippen molar-refractivity contribution in [1.29, 1.82) is 0 Å². The molecule has 30 heavy (non-hydrogen) atoms. The van der Waals surface area contributed by atoms with Gasteiger partial charge in [-0.05, 0) is 42.3 Å². The van der Waals surface area contributed by atoms with Gasteiger partial charge in [0.1, 0.15) is 22.3 Å². The standard InChI is InChI=1S/C21H22F2N2O4S/c1-25(2)30(27,28)19-11-13(7-9-18(19)29-3)8-10-20(26)24-17-12-14(17)21-15(22)5-4-6-16(21)23/h4-11,14,17H,12H2,1-3H3,(H,24,26)/b10-8+. The van der Waals surface area contributed by atoms with Gasteiger partial charge in [0.15, 0.2) is 0 Å². The molecule has 0 radical (unpaired) electrons. The predicted molar refractivity (Wildman–Crippen MR) is 109 cm³/mol. The summed E-state index contributed by atoms with van der Waals surface area (Å²) < 4.78 is 58.8. The molecule has 1 N–H and O–H groups in total. The minimum atomic E-state index is -3.73. The molecule has 9 heteroatoms. The summed E-state index contributed by atoms with van der Waals surface area (Å²) in [4.78, 5) is 12.2. The van der Waals surface area contributed by atoms with Gasteiger partial charge in [0.25, 0.3) is 0 Å². The fourth-order valence-electron chi connectivity index (χ4n) is 3.14. The molecule has 2 atom stereocenters. The number of carbonyl (C=O) groups is 1. The van der Waals surface area contributed by atoms with Gasteiger partial charge in [-0.15, -0.1) is 0 Å². The zero-order chi connectivity index (χ0) is 22.1. The lowest BCUT2D eigenvalue weighted by atomic mass is 10.1. The lowest BCUT2D eigenvalue weighted by molar-refractivity contribution is -0.116. The topological polar surface area (TPSA) is 75.7 Å². The number of halogens is 2. The van der Waals surface area contributed by atoms with Crippen molar-refractivity contribution in [2.75, 3.05) is 21.2 Å². The SMILES string of the molecule is COc1ccc(/C=C/C(=O)NC2CC2c2c(F)cccc2F)cc1S(=O)(=O)N(C)C. The first-order valence-electron chi connectivity index (χ1n) is 9.18. The number of nitrogens with zero attached hydrogens (tertiary/aromatic N) is 1. The normalized spacial score (nSPS) is 18.6. The van der Waals surface area contributed by atoms with Crippen LogP contribution in [-0.4, -0.2) is 45.9 Å². The number of ether oxygens (including phenoxy) is 1. The average Bonchev–Trinajstić information content (AvgIpc) is 3.44. The monoisotopic (exact) mass is 436 g/mol. The molecule has 1 aliphatic rings. The maximum Gasteiger partial charge on any atom is 0.246 e. The smallest absolute Gasteiger partial charge is 0.246 e. The van der Waals surface area contributed by atoms with Crippen LogP contribution in [0.25, 0.3) is 6.08 Å². The summed E-state index contributed by atoms with van der Waals surface area (Å²) in [6.07, 6.45) is 3.16. The van der Waals surface area contributed by atoms with Gasteiger partial charge in [0, 0.05) is 37.7 Å². The van der Waals surface area contributed by atoms with Crippen LogP contribution in [0.1, 0.15) is 23.5 Å². The maximum atomic E-state index is 13.8. The second-order valence-electron chi connectivity index (χ2n) is 7.12. The number of benzene rings is 2. The molecule has 0 spiro atoms. The lowest BCUT2D eigenvalue weighted by Crippen LogP contribution is -2.24. The number of hydrogen-bond donors (Lipinski definition) is 1. The number of methoxy groups -OCH3 is 1. The van der Waals surface area contributed by atoms with Crippen LogP contribution in [-0.2, 0) is 14.8 Å². The zero-order valence-corrected chi connectivity index (χ0v) is 17.5. The minimum absolute atomic E-state index is 0.0135. The van der Waals surface area contributed by atoms with Gasteiger partial charge < -0.3 is 10.1 Å². The van der Waals surface area contributed by atoms with Crippen molar-refractivity contribution in [1.82, 2.24) is 9.62 Å². The minimum Gasteiger partial charge on any atom is -0.495 e. The molecule has 2 aromatic rings. The summed E-state index contributed by atoms with van der Waals surface area (Å²) in [6.45, 7) is 0. The first-order valence-corrected chi connectivity index (χ1v) is 10.6. The third-order valence-corrected chi connectivity index (χ3v) is 6.70. The first-order chi connectivity index (χ1) is 14.1. The van der Waals surface area contributed by atoms with Crippen LogP contribution in [0.3, 0.4) is 0 Å². The van der Waals surface area contributed by atoms with Gasteiger partial charge in [0.2, 0.25) is 15.9 Å². The highest BCUT2D eigenvalue weighted by molar-refractivity contribution is 7.89. The van der Waals surface area contributed by atoms with E-state index in [1.165, 1.54) is 63.7 Å². The number of sulfonamides is 1. The van der Waals surface area contributed by atoms with Crippen LogP contribution in [0.4, 0.5) is 8.78 Å². The van der Waals surface area contributed by atoms with Crippen LogP contribution < -0.4 is 10.1 Å². The Kier molecular flexibility index (Phi) is 6.23. The fourth-order valence-corrected chi connectivity index (χ4v) is 4.22. The summed E-state index contributed by atoms with van der Waals surface area (Å²) in [5.74, 6) is -1.90. The fraction of sp³-hybridized carbons (Fsp3) is 0.286. The molecule has 0 bridgehead atoms. The van der Waals surface area contributed by atoms with E-state index in [0.29, 0.717) is 12.0 Å². The van der Waals surface area contributed by atoms with Crippen molar-refractivity contribution in [3.63, 3.8) is 0 Å². The average molecular weight is 436 g/mol. The predicted octanol–water partition coefficient (Wildman–Crippen LogP) is 2.91. The highest BCUT2D eigenvalue weighted by Crippen LogP contribution is 2.43. The summed E-state index contributed by atoms with van der Waals surface area (Å²) in [6, 6.07) is 7.86. The van der Waals surface area contributed by atoms with E-state index in [9.17, 15) is 22.0 Å². The van der Waals surface area contributed by atoms with E-state index in [0.717, 1.165) is 4.31 Å². The number of hydrogen-bond acceptors (Lipinski definition) is 4. The number of carbonyl (C=O) groups excluding carboxylic acids is 1. The van der Waals surface area contributed by atoms with Crippen LogP contribution in [0, 0.1) is 11.6 Å². The summed E-state index contributed by atoms with van der Waals surface area (Å²) in [5.41, 5.74) is 0.472. The summed E-state index contributed by atoms with van der Waals surface area (Å²) >= 11 is 0. The third-order valence-electron chi connectivity index (χ3n) is 4.86. The molecule has 2 unspecified atom stereocenters. The number of nitrogens with one attached hydrogen (secondary N) is 1. The molecule has 1 fully saturated rings. The number of rotatable bonds is 7. The lowest BCUT2D eigenvalue weighted by Gasteiger charge is -2.15. The molecule has 0 aliphatic heterocycles. The van der Waals surface area contributed by atoms with Gasteiger partial charge in [-0.2, -0.15) is 0 Å². The molecule has 0 aromatic heterocycles. The molecule has 1 amide bonds. The summed E-state index contributed by atoms with van der Waals surface area (Å²) in [5, 5.41) is 2.70. The Morgan fingerprint density at radius 3 is 2.47 bits per heavy atom. The van der Waals surface area contributed by atoms with Gasteiger partial charge in [-0.25, -0.2) is 21.5 Å². The first kappa shape index (κ1) is 21.9. The van der Waals surface area contributed by atoms with Crippen molar-refractivity contribution < 1.29 is 26.7 Å². The zero-order valence-electron chi connectivity index (χ0n) is 16.7. The highest BCUT2D eigenvalue weighted by atomic mass is 32.2. The molecule has 160 valence electrons. The van der Waals surface area contributed by atoms with E-state index in [-0.39, 0.29) is 22.3 Å². The Morgan fingerprint density at radius 1 is 1.20 bits per heavy atom. The molecular weight excluding hydrogens is 414 g/mol. The number of amides is 1. The molecule has 2 aromatic carbocycles. The van der Waals surface area contributed by atoms with E-state index < -0.39 is 33.5 Å². The van der Waals surface area contributed by atoms with Crippen molar-refractivity contribution in [3.8, 4) is 5.75 Å². The Labute approximate surface area is 174 Å². The molecule has 1 aliphatic carbocycles. The van der Waals surface area contributed by atoms with Crippen molar-refractivity contribution in [2.45, 2.75) is 23.3 Å². The van der Waals surface area contributed by atoms with Crippen molar-refractivity contribution in [3.05, 3.63) is 65.2 Å². The van der Waals surface area contributed by atoms with E-state index in [1.807, 2.05) is 0 Å². The Hall–Kier alpha value is -2.78. The Balaban J connectivity index is 1.70. The van der Waals surface area contributed by atoms with Gasteiger partial charge in [-0.1, -0.05) is 12.1 Å². The van der Waals surface area contributed by atoms with Crippen LogP contribution in [0.15, 0.2) is 47.4 Å². The largest absolute Gasteiger partial charge is 0.495 e. The van der Waals surface area contributed by atoms with Crippen LogP contribution >= 0.6 is 0 Å². The molecule has 0 saturated heterocycles. The summed E-state index contributed by atoms with van der Waals surface area (Å²) in [7, 11) is 0.463. The van der Waals surface area contributed by atoms with E-state index >= 15 is 0 Å². The Bertz CT molecular complexity index is 1080. The van der Waals surface area contributed by atoms with Gasteiger partial charge in [0.05, 0.1) is 7.11 Å².